The van der Waals surface area contributed by atoms with Crippen LogP contribution in [0.15, 0.2) is 59.0 Å². The van der Waals surface area contributed by atoms with Gasteiger partial charge in [0, 0.05) is 36.2 Å². The molecule has 0 atom stereocenters. The highest BCUT2D eigenvalue weighted by Gasteiger charge is 1.96. The minimum absolute atomic E-state index is 0.691. The van der Waals surface area contributed by atoms with E-state index in [9.17, 15) is 0 Å². The largest absolute Gasteiger partial charge is 0.288 e. The molecule has 0 fully saturated rings. The average Bonchev–Trinajstić information content (AvgIpc) is 2.53. The van der Waals surface area contributed by atoms with Crippen LogP contribution in [0.4, 0.5) is 0 Å². The number of hydrogen-bond acceptors (Lipinski definition) is 4. The Morgan fingerprint density at radius 1 is 0.750 bits per heavy atom. The zero-order valence-electron chi connectivity index (χ0n) is 11.8. The number of rotatable bonds is 5. The quantitative estimate of drug-likeness (QED) is 0.617. The van der Waals surface area contributed by atoms with E-state index in [0.29, 0.717) is 13.1 Å². The van der Waals surface area contributed by atoms with Crippen molar-refractivity contribution >= 4 is 11.4 Å². The Morgan fingerprint density at radius 3 is 1.45 bits per heavy atom. The Kier molecular flexibility index (Phi) is 5.12. The van der Waals surface area contributed by atoms with Gasteiger partial charge in [-0.05, 0) is 49.2 Å². The summed E-state index contributed by atoms with van der Waals surface area (Å²) in [6.45, 7) is 5.40. The number of hydrogen-bond donors (Lipinski definition) is 0. The van der Waals surface area contributed by atoms with Gasteiger partial charge in [0.25, 0.3) is 0 Å². The summed E-state index contributed by atoms with van der Waals surface area (Å²) in [7, 11) is 0. The van der Waals surface area contributed by atoms with E-state index < -0.39 is 0 Å². The normalized spacial score (nSPS) is 12.5. The van der Waals surface area contributed by atoms with Crippen LogP contribution in [0.5, 0.6) is 0 Å². The first-order chi connectivity index (χ1) is 9.77. The molecule has 0 amide bonds. The topological polar surface area (TPSA) is 50.5 Å². The summed E-state index contributed by atoms with van der Waals surface area (Å²) in [5.74, 6) is 0. The van der Waals surface area contributed by atoms with Crippen LogP contribution in [0.1, 0.15) is 25.0 Å². The Labute approximate surface area is 119 Å². The SMILES string of the molecule is CC(=NCCN=C(C)c1ccncc1)c1ccncc1. The molecular weight excluding hydrogens is 248 g/mol. The molecule has 2 heterocycles. The molecule has 2 aromatic rings. The van der Waals surface area contributed by atoms with Gasteiger partial charge >= 0.3 is 0 Å². The standard InChI is InChI=1S/C16H18N4/c1-13(15-3-7-17-8-4-15)19-11-12-20-14(2)16-5-9-18-10-6-16/h3-10H,11-12H2,1-2H3. The molecule has 20 heavy (non-hydrogen) atoms. The monoisotopic (exact) mass is 266 g/mol. The van der Waals surface area contributed by atoms with Gasteiger partial charge in [-0.2, -0.15) is 0 Å². The van der Waals surface area contributed by atoms with Gasteiger partial charge < -0.3 is 0 Å². The molecule has 0 aliphatic rings. The molecule has 102 valence electrons. The molecule has 0 unspecified atom stereocenters. The summed E-state index contributed by atoms with van der Waals surface area (Å²) in [6.07, 6.45) is 7.11. The van der Waals surface area contributed by atoms with Crippen molar-refractivity contribution in [1.82, 2.24) is 9.97 Å². The molecule has 0 N–H and O–H groups in total. The molecule has 0 aliphatic carbocycles. The molecule has 0 spiro atoms. The van der Waals surface area contributed by atoms with Crippen molar-refractivity contribution in [2.24, 2.45) is 9.98 Å². The van der Waals surface area contributed by atoms with Gasteiger partial charge in [-0.1, -0.05) is 0 Å². The van der Waals surface area contributed by atoms with Crippen LogP contribution in [-0.4, -0.2) is 34.5 Å². The first-order valence-corrected chi connectivity index (χ1v) is 6.60. The zero-order chi connectivity index (χ0) is 14.2. The zero-order valence-corrected chi connectivity index (χ0v) is 11.8. The molecule has 0 saturated carbocycles. The van der Waals surface area contributed by atoms with Crippen LogP contribution in [0, 0.1) is 0 Å². The molecule has 0 aromatic carbocycles. The summed E-state index contributed by atoms with van der Waals surface area (Å²) in [6, 6.07) is 7.85. The fourth-order valence-corrected chi connectivity index (χ4v) is 1.80. The first-order valence-electron chi connectivity index (χ1n) is 6.60. The predicted octanol–water partition coefficient (Wildman–Crippen LogP) is 2.79. The highest BCUT2D eigenvalue weighted by atomic mass is 14.8. The third-order valence-electron chi connectivity index (χ3n) is 2.99. The van der Waals surface area contributed by atoms with E-state index in [2.05, 4.69) is 20.0 Å². The van der Waals surface area contributed by atoms with Crippen LogP contribution >= 0.6 is 0 Å². The Bertz CT molecular complexity index is 533. The molecule has 4 heteroatoms. The van der Waals surface area contributed by atoms with Crippen molar-refractivity contribution in [1.29, 1.82) is 0 Å². The number of aromatic nitrogens is 2. The lowest BCUT2D eigenvalue weighted by molar-refractivity contribution is 0.972. The van der Waals surface area contributed by atoms with E-state index in [-0.39, 0.29) is 0 Å². The molecule has 4 nitrogen and oxygen atoms in total. The van der Waals surface area contributed by atoms with Gasteiger partial charge in [-0.25, -0.2) is 0 Å². The average molecular weight is 266 g/mol. The fraction of sp³-hybridized carbons (Fsp3) is 0.250. The van der Waals surface area contributed by atoms with Gasteiger partial charge in [-0.3, -0.25) is 20.0 Å². The third-order valence-corrected chi connectivity index (χ3v) is 2.99. The van der Waals surface area contributed by atoms with Crippen molar-refractivity contribution in [3.8, 4) is 0 Å². The lowest BCUT2D eigenvalue weighted by atomic mass is 10.2. The number of pyridine rings is 2. The van der Waals surface area contributed by atoms with Crippen LogP contribution in [0.2, 0.25) is 0 Å². The first kappa shape index (κ1) is 14.1. The van der Waals surface area contributed by atoms with E-state index in [1.54, 1.807) is 24.8 Å². The van der Waals surface area contributed by atoms with Crippen molar-refractivity contribution in [3.63, 3.8) is 0 Å². The molecule has 2 rings (SSSR count). The van der Waals surface area contributed by atoms with Crippen LogP contribution < -0.4 is 0 Å². The lowest BCUT2D eigenvalue weighted by Gasteiger charge is -2.01. The van der Waals surface area contributed by atoms with Crippen LogP contribution in [0.25, 0.3) is 0 Å². The van der Waals surface area contributed by atoms with Crippen molar-refractivity contribution in [2.75, 3.05) is 13.1 Å². The minimum atomic E-state index is 0.691. The van der Waals surface area contributed by atoms with Crippen LogP contribution in [0.3, 0.4) is 0 Å². The maximum Gasteiger partial charge on any atom is 0.0588 e. The lowest BCUT2D eigenvalue weighted by Crippen LogP contribution is -2.01. The van der Waals surface area contributed by atoms with Crippen LogP contribution in [-0.2, 0) is 0 Å². The highest BCUT2D eigenvalue weighted by Crippen LogP contribution is 2.00. The second kappa shape index (κ2) is 7.28. The molecule has 0 bridgehead atoms. The molecule has 0 aliphatic heterocycles. The van der Waals surface area contributed by atoms with Gasteiger partial charge in [-0.15, -0.1) is 0 Å². The summed E-state index contributed by atoms with van der Waals surface area (Å²) >= 11 is 0. The van der Waals surface area contributed by atoms with E-state index in [4.69, 9.17) is 0 Å². The second-order valence-corrected chi connectivity index (χ2v) is 4.41. The van der Waals surface area contributed by atoms with Crippen molar-refractivity contribution < 1.29 is 0 Å². The second-order valence-electron chi connectivity index (χ2n) is 4.41. The third kappa shape index (κ3) is 4.09. The maximum atomic E-state index is 4.53. The Hall–Kier alpha value is -2.36. The van der Waals surface area contributed by atoms with Gasteiger partial charge in [0.15, 0.2) is 0 Å². The molecule has 2 aromatic heterocycles. The smallest absolute Gasteiger partial charge is 0.0588 e. The van der Waals surface area contributed by atoms with Crippen molar-refractivity contribution in [2.45, 2.75) is 13.8 Å². The highest BCUT2D eigenvalue weighted by molar-refractivity contribution is 5.99. The number of aliphatic imine (C=N–C) groups is 2. The number of nitrogens with zero attached hydrogens (tertiary/aromatic N) is 4. The van der Waals surface area contributed by atoms with Gasteiger partial charge in [0.1, 0.15) is 0 Å². The van der Waals surface area contributed by atoms with Gasteiger partial charge in [0.05, 0.1) is 13.1 Å². The summed E-state index contributed by atoms with van der Waals surface area (Å²) in [4.78, 5) is 17.1. The van der Waals surface area contributed by atoms with E-state index in [1.807, 2.05) is 38.1 Å². The maximum absolute atomic E-state index is 4.53. The Balaban J connectivity index is 1.90. The van der Waals surface area contributed by atoms with Gasteiger partial charge in [0.2, 0.25) is 0 Å². The molecular formula is C16H18N4. The Morgan fingerprint density at radius 2 is 1.10 bits per heavy atom. The summed E-state index contributed by atoms with van der Waals surface area (Å²) < 4.78 is 0. The summed E-state index contributed by atoms with van der Waals surface area (Å²) in [5.41, 5.74) is 4.25. The minimum Gasteiger partial charge on any atom is -0.288 e. The van der Waals surface area contributed by atoms with E-state index >= 15 is 0 Å². The van der Waals surface area contributed by atoms with Crippen molar-refractivity contribution in [3.05, 3.63) is 60.2 Å². The molecule has 0 radical (unpaired) electrons. The molecule has 0 saturated heterocycles. The predicted molar refractivity (Wildman–Crippen MR) is 82.6 cm³/mol. The summed E-state index contributed by atoms with van der Waals surface area (Å²) in [5, 5.41) is 0. The van der Waals surface area contributed by atoms with E-state index in [1.165, 1.54) is 0 Å². The van der Waals surface area contributed by atoms with E-state index in [0.717, 1.165) is 22.6 Å². The fourth-order valence-electron chi connectivity index (χ4n) is 1.80.